The molecule has 0 aliphatic heterocycles. The van der Waals surface area contributed by atoms with Crippen molar-refractivity contribution in [2.75, 3.05) is 7.11 Å². The molecule has 0 fully saturated rings. The summed E-state index contributed by atoms with van der Waals surface area (Å²) in [6, 6.07) is 3.94. The first-order valence-electron chi connectivity index (χ1n) is 5.02. The van der Waals surface area contributed by atoms with Crippen LogP contribution in [0.5, 0.6) is 5.75 Å². The van der Waals surface area contributed by atoms with Crippen LogP contribution in [0.15, 0.2) is 12.1 Å². The van der Waals surface area contributed by atoms with Crippen LogP contribution >= 0.6 is 11.6 Å². The van der Waals surface area contributed by atoms with E-state index >= 15 is 0 Å². The summed E-state index contributed by atoms with van der Waals surface area (Å²) < 4.78 is 5.19. The second-order valence-corrected chi connectivity index (χ2v) is 3.17. The molecule has 0 atom stereocenters. The number of aryl methyl sites for hydroxylation is 2. The van der Waals surface area contributed by atoms with Crippen molar-refractivity contribution in [2.24, 2.45) is 0 Å². The number of hydrogen-bond acceptors (Lipinski definition) is 1. The molecule has 1 aromatic rings. The third-order valence-electron chi connectivity index (χ3n) is 1.94. The fourth-order valence-corrected chi connectivity index (χ4v) is 1.34. The summed E-state index contributed by atoms with van der Waals surface area (Å²) in [5.41, 5.74) is 2.31. The largest absolute Gasteiger partial charge is 0.496 e. The fourth-order valence-electron chi connectivity index (χ4n) is 1.19. The number of halogens is 1. The van der Waals surface area contributed by atoms with Gasteiger partial charge in [-0.25, -0.2) is 0 Å². The Morgan fingerprint density at radius 1 is 1.29 bits per heavy atom. The minimum atomic E-state index is 0.768. The van der Waals surface area contributed by atoms with Crippen molar-refractivity contribution in [1.29, 1.82) is 0 Å². The Hall–Kier alpha value is -0.690. The van der Waals surface area contributed by atoms with Crippen LogP contribution in [0, 0.1) is 6.92 Å². The average Bonchev–Trinajstić information content (AvgIpc) is 2.24. The summed E-state index contributed by atoms with van der Waals surface area (Å²) >= 11 is 5.94. The molecule has 1 aromatic carbocycles. The third kappa shape index (κ3) is 3.22. The lowest BCUT2D eigenvalue weighted by Gasteiger charge is -2.08. The van der Waals surface area contributed by atoms with Crippen molar-refractivity contribution in [2.45, 2.75) is 34.1 Å². The first kappa shape index (κ1) is 13.3. The van der Waals surface area contributed by atoms with Crippen LogP contribution in [-0.4, -0.2) is 7.11 Å². The van der Waals surface area contributed by atoms with Gasteiger partial charge in [-0.1, -0.05) is 38.4 Å². The van der Waals surface area contributed by atoms with Crippen molar-refractivity contribution in [3.63, 3.8) is 0 Å². The molecule has 1 nitrogen and oxygen atoms in total. The van der Waals surface area contributed by atoms with Crippen LogP contribution < -0.4 is 4.74 Å². The van der Waals surface area contributed by atoms with E-state index < -0.39 is 0 Å². The summed E-state index contributed by atoms with van der Waals surface area (Å²) in [5, 5.41) is 0.768. The SMILES string of the molecule is CC.CCc1cc(C)c(Cl)cc1OC. The highest BCUT2D eigenvalue weighted by Crippen LogP contribution is 2.26. The Bertz CT molecular complexity index is 253. The lowest BCUT2D eigenvalue weighted by atomic mass is 10.1. The molecule has 0 spiro atoms. The Morgan fingerprint density at radius 2 is 1.86 bits per heavy atom. The van der Waals surface area contributed by atoms with E-state index in [1.54, 1.807) is 7.11 Å². The first-order chi connectivity index (χ1) is 6.69. The molecule has 0 N–H and O–H groups in total. The normalized spacial score (nSPS) is 9.00. The fraction of sp³-hybridized carbons (Fsp3) is 0.500. The van der Waals surface area contributed by atoms with E-state index in [0.717, 1.165) is 22.8 Å². The Labute approximate surface area is 92.0 Å². The number of rotatable bonds is 2. The van der Waals surface area contributed by atoms with Gasteiger partial charge in [-0.05, 0) is 30.5 Å². The van der Waals surface area contributed by atoms with E-state index in [4.69, 9.17) is 16.3 Å². The Kier molecular flexibility index (Phi) is 6.39. The standard InChI is InChI=1S/C10H13ClO.C2H6/c1-4-8-5-7(2)9(11)6-10(8)12-3;1-2/h5-6H,4H2,1-3H3;1-2H3. The van der Waals surface area contributed by atoms with Gasteiger partial charge in [-0.15, -0.1) is 0 Å². The minimum absolute atomic E-state index is 0.768. The molecule has 0 aliphatic rings. The molecule has 0 bridgehead atoms. The third-order valence-corrected chi connectivity index (χ3v) is 2.35. The zero-order valence-corrected chi connectivity index (χ0v) is 10.4. The number of ether oxygens (including phenoxy) is 1. The lowest BCUT2D eigenvalue weighted by molar-refractivity contribution is 0.410. The van der Waals surface area contributed by atoms with Crippen LogP contribution in [0.2, 0.25) is 5.02 Å². The van der Waals surface area contributed by atoms with Crippen LogP contribution in [0.3, 0.4) is 0 Å². The smallest absolute Gasteiger partial charge is 0.123 e. The van der Waals surface area contributed by atoms with Crippen LogP contribution in [0.1, 0.15) is 31.9 Å². The van der Waals surface area contributed by atoms with Crippen molar-refractivity contribution < 1.29 is 4.74 Å². The van der Waals surface area contributed by atoms with Crippen LogP contribution in [-0.2, 0) is 6.42 Å². The van der Waals surface area contributed by atoms with Gasteiger partial charge < -0.3 is 4.74 Å². The van der Waals surface area contributed by atoms with E-state index in [0.29, 0.717) is 0 Å². The van der Waals surface area contributed by atoms with E-state index in [9.17, 15) is 0 Å². The predicted molar refractivity (Wildman–Crippen MR) is 63.5 cm³/mol. The Balaban J connectivity index is 0.000000791. The average molecular weight is 215 g/mol. The zero-order valence-electron chi connectivity index (χ0n) is 9.65. The zero-order chi connectivity index (χ0) is 11.1. The van der Waals surface area contributed by atoms with Gasteiger partial charge in [-0.3, -0.25) is 0 Å². The van der Waals surface area contributed by atoms with Gasteiger partial charge in [0.1, 0.15) is 5.75 Å². The predicted octanol–water partition coefficient (Wildman–Crippen LogP) is 4.25. The topological polar surface area (TPSA) is 9.23 Å². The highest BCUT2D eigenvalue weighted by molar-refractivity contribution is 6.31. The monoisotopic (exact) mass is 214 g/mol. The maximum Gasteiger partial charge on any atom is 0.123 e. The molecule has 2 heteroatoms. The molecule has 14 heavy (non-hydrogen) atoms. The molecule has 0 aliphatic carbocycles. The van der Waals surface area contributed by atoms with Gasteiger partial charge in [0.2, 0.25) is 0 Å². The summed E-state index contributed by atoms with van der Waals surface area (Å²) in [6.45, 7) is 8.10. The highest BCUT2D eigenvalue weighted by Gasteiger charge is 2.04. The molecule has 0 heterocycles. The van der Waals surface area contributed by atoms with Gasteiger partial charge in [-0.2, -0.15) is 0 Å². The molecule has 0 saturated heterocycles. The molecular weight excluding hydrogens is 196 g/mol. The van der Waals surface area contributed by atoms with E-state index in [-0.39, 0.29) is 0 Å². The number of methoxy groups -OCH3 is 1. The Morgan fingerprint density at radius 3 is 2.29 bits per heavy atom. The van der Waals surface area contributed by atoms with E-state index in [1.165, 1.54) is 5.56 Å². The molecule has 80 valence electrons. The maximum atomic E-state index is 5.94. The summed E-state index contributed by atoms with van der Waals surface area (Å²) in [7, 11) is 1.67. The number of hydrogen-bond donors (Lipinski definition) is 0. The summed E-state index contributed by atoms with van der Waals surface area (Å²) in [4.78, 5) is 0. The van der Waals surface area contributed by atoms with Crippen molar-refractivity contribution in [1.82, 2.24) is 0 Å². The van der Waals surface area contributed by atoms with Gasteiger partial charge in [0.15, 0.2) is 0 Å². The van der Waals surface area contributed by atoms with E-state index in [1.807, 2.05) is 26.8 Å². The highest BCUT2D eigenvalue weighted by atomic mass is 35.5. The van der Waals surface area contributed by atoms with Crippen molar-refractivity contribution in [3.8, 4) is 5.75 Å². The van der Waals surface area contributed by atoms with Crippen LogP contribution in [0.25, 0.3) is 0 Å². The van der Waals surface area contributed by atoms with Gasteiger partial charge in [0, 0.05) is 5.02 Å². The minimum Gasteiger partial charge on any atom is -0.496 e. The molecule has 0 aromatic heterocycles. The second kappa shape index (κ2) is 6.72. The van der Waals surface area contributed by atoms with Crippen LogP contribution in [0.4, 0.5) is 0 Å². The number of benzene rings is 1. The van der Waals surface area contributed by atoms with Gasteiger partial charge in [0.05, 0.1) is 7.11 Å². The van der Waals surface area contributed by atoms with Gasteiger partial charge in [0.25, 0.3) is 0 Å². The first-order valence-corrected chi connectivity index (χ1v) is 5.39. The maximum absolute atomic E-state index is 5.94. The lowest BCUT2D eigenvalue weighted by Crippen LogP contribution is -1.91. The molecule has 0 unspecified atom stereocenters. The second-order valence-electron chi connectivity index (χ2n) is 2.77. The van der Waals surface area contributed by atoms with Crippen molar-refractivity contribution >= 4 is 11.6 Å². The summed E-state index contributed by atoms with van der Waals surface area (Å²) in [6.07, 6.45) is 0.973. The molecule has 0 radical (unpaired) electrons. The van der Waals surface area contributed by atoms with Crippen molar-refractivity contribution in [3.05, 3.63) is 28.3 Å². The molecule has 1 rings (SSSR count). The molecule has 0 amide bonds. The quantitative estimate of drug-likeness (QED) is 0.716. The van der Waals surface area contributed by atoms with E-state index in [2.05, 4.69) is 13.0 Å². The summed E-state index contributed by atoms with van der Waals surface area (Å²) in [5.74, 6) is 0.883. The molecule has 0 saturated carbocycles. The molecular formula is C12H19ClO. The van der Waals surface area contributed by atoms with Gasteiger partial charge >= 0.3 is 0 Å².